The molecule has 4 unspecified atom stereocenters. The van der Waals surface area contributed by atoms with Crippen LogP contribution >= 0.6 is 0 Å². The van der Waals surface area contributed by atoms with E-state index < -0.39 is 47.8 Å². The lowest BCUT2D eigenvalue weighted by molar-refractivity contribution is -0.131. The summed E-state index contributed by atoms with van der Waals surface area (Å²) >= 11 is 0. The zero-order valence-electron chi connectivity index (χ0n) is 25.7. The number of rotatable bonds is 16. The zero-order valence-corrected chi connectivity index (χ0v) is 25.7. The minimum atomic E-state index is -1.12. The van der Waals surface area contributed by atoms with Crippen molar-refractivity contribution in [1.29, 1.82) is 5.41 Å². The van der Waals surface area contributed by atoms with Gasteiger partial charge in [0.25, 0.3) is 0 Å². The number of benzene rings is 3. The van der Waals surface area contributed by atoms with Gasteiger partial charge in [0.15, 0.2) is 5.96 Å². The average Bonchev–Trinajstić information content (AvgIpc) is 3.03. The van der Waals surface area contributed by atoms with E-state index >= 15 is 0 Å². The van der Waals surface area contributed by atoms with Crippen LogP contribution in [0.2, 0.25) is 0 Å². The van der Waals surface area contributed by atoms with Gasteiger partial charge in [-0.1, -0.05) is 60.7 Å². The van der Waals surface area contributed by atoms with Gasteiger partial charge >= 0.3 is 0 Å². The maximum Gasteiger partial charge on any atom is 0.250 e. The molecule has 3 aromatic rings. The van der Waals surface area contributed by atoms with Gasteiger partial charge in [0.2, 0.25) is 23.6 Å². The lowest BCUT2D eigenvalue weighted by atomic mass is 10.0. The van der Waals surface area contributed by atoms with Crippen LogP contribution in [0.1, 0.15) is 30.9 Å². The van der Waals surface area contributed by atoms with E-state index in [9.17, 15) is 24.3 Å². The molecule has 4 amide bonds. The maximum atomic E-state index is 14.3. The first-order valence-electron chi connectivity index (χ1n) is 14.9. The quantitative estimate of drug-likeness (QED) is 0.0634. The Hall–Kier alpha value is -5.43. The van der Waals surface area contributed by atoms with Crippen LogP contribution in [0.3, 0.4) is 0 Å². The highest BCUT2D eigenvalue weighted by Crippen LogP contribution is 2.20. The molecule has 0 bridgehead atoms. The number of primary amides is 1. The Morgan fingerprint density at radius 3 is 1.96 bits per heavy atom. The number of anilines is 1. The third kappa shape index (κ3) is 10.6. The Kier molecular flexibility index (Phi) is 13.1. The molecule has 46 heavy (non-hydrogen) atoms. The number of phenols is 1. The third-order valence-corrected chi connectivity index (χ3v) is 7.31. The number of phenolic OH excluding ortho intramolecular Hbond substituents is 1. The minimum absolute atomic E-state index is 0.0768. The highest BCUT2D eigenvalue weighted by Gasteiger charge is 2.35. The molecule has 0 spiro atoms. The largest absolute Gasteiger partial charge is 0.508 e. The second-order valence-electron chi connectivity index (χ2n) is 10.9. The Morgan fingerprint density at radius 1 is 0.804 bits per heavy atom. The molecular formula is C33H42N8O5. The molecule has 0 aliphatic heterocycles. The van der Waals surface area contributed by atoms with Crippen LogP contribution in [0.5, 0.6) is 5.75 Å². The first-order chi connectivity index (χ1) is 22.0. The molecule has 11 N–H and O–H groups in total. The number of hydrogen-bond donors (Lipinski definition) is 8. The summed E-state index contributed by atoms with van der Waals surface area (Å²) in [6.07, 6.45) is 0.782. The number of hydrogen-bond acceptors (Lipinski definition) is 7. The van der Waals surface area contributed by atoms with Gasteiger partial charge in [0, 0.05) is 18.7 Å². The van der Waals surface area contributed by atoms with E-state index in [1.807, 2.05) is 30.3 Å². The van der Waals surface area contributed by atoms with Gasteiger partial charge in [0.05, 0.1) is 6.04 Å². The average molecular weight is 631 g/mol. The van der Waals surface area contributed by atoms with Crippen molar-refractivity contribution in [2.75, 3.05) is 11.4 Å². The second kappa shape index (κ2) is 17.2. The minimum Gasteiger partial charge on any atom is -0.508 e. The molecule has 13 heteroatoms. The molecule has 0 aromatic heterocycles. The fraction of sp³-hybridized carbons (Fsp3) is 0.303. The topological polar surface area (TPSA) is 230 Å². The standard InChI is InChI=1S/C33H42N8O5/c1-21(30(44)40-28(29(35)43)20-22-9-4-2-5-10-22)41(24-11-6-3-7-12-24)32(46)27(13-8-18-38-33(36)37)39-31(45)26(34)19-23-14-16-25(42)17-15-23/h2-7,9-12,14-17,21,26-28,42H,8,13,18-20,34H2,1H3,(H2,35,43)(H,39,45)(H,40,44)(H4,36,37,38). The van der Waals surface area contributed by atoms with Crippen molar-refractivity contribution in [1.82, 2.24) is 16.0 Å². The number of nitrogens with zero attached hydrogens (tertiary/aromatic N) is 1. The number of para-hydroxylation sites is 1. The van der Waals surface area contributed by atoms with Crippen LogP contribution in [0, 0.1) is 5.41 Å². The third-order valence-electron chi connectivity index (χ3n) is 7.31. The van der Waals surface area contributed by atoms with Crippen LogP contribution in [0.15, 0.2) is 84.9 Å². The fourth-order valence-corrected chi connectivity index (χ4v) is 4.82. The summed E-state index contributed by atoms with van der Waals surface area (Å²) in [6.45, 7) is 1.78. The Labute approximate surface area is 268 Å². The predicted octanol–water partition coefficient (Wildman–Crippen LogP) is 0.645. The number of aromatic hydroxyl groups is 1. The number of nitrogens with one attached hydrogen (secondary N) is 4. The summed E-state index contributed by atoms with van der Waals surface area (Å²) in [7, 11) is 0. The van der Waals surface area contributed by atoms with Gasteiger partial charge in [-0.2, -0.15) is 0 Å². The number of carbonyl (C=O) groups excluding carboxylic acids is 4. The number of nitrogens with two attached hydrogens (primary N) is 3. The zero-order chi connectivity index (χ0) is 33.6. The summed E-state index contributed by atoms with van der Waals surface area (Å²) in [5.41, 5.74) is 19.1. The van der Waals surface area contributed by atoms with Gasteiger partial charge in [-0.15, -0.1) is 0 Å². The predicted molar refractivity (Wildman–Crippen MR) is 176 cm³/mol. The van der Waals surface area contributed by atoms with Gasteiger partial charge in [-0.3, -0.25) is 29.5 Å². The molecule has 3 aromatic carbocycles. The highest BCUT2D eigenvalue weighted by atomic mass is 16.3. The van der Waals surface area contributed by atoms with Crippen LogP contribution in [0.25, 0.3) is 0 Å². The fourth-order valence-electron chi connectivity index (χ4n) is 4.82. The van der Waals surface area contributed by atoms with Gasteiger partial charge in [-0.25, -0.2) is 0 Å². The summed E-state index contributed by atoms with van der Waals surface area (Å²) in [4.78, 5) is 54.7. The molecule has 4 atom stereocenters. The second-order valence-corrected chi connectivity index (χ2v) is 10.9. The van der Waals surface area contributed by atoms with Crippen molar-refractivity contribution in [3.05, 3.63) is 96.1 Å². The van der Waals surface area contributed by atoms with Crippen LogP contribution < -0.4 is 38.1 Å². The van der Waals surface area contributed by atoms with Crippen molar-refractivity contribution in [2.45, 2.75) is 56.8 Å². The summed E-state index contributed by atoms with van der Waals surface area (Å²) in [6, 6.07) is 19.6. The van der Waals surface area contributed by atoms with Crippen molar-refractivity contribution < 1.29 is 24.3 Å². The first kappa shape index (κ1) is 35.1. The van der Waals surface area contributed by atoms with Gasteiger partial charge in [0.1, 0.15) is 23.9 Å². The molecule has 0 saturated carbocycles. The molecule has 0 radical (unpaired) electrons. The van der Waals surface area contributed by atoms with E-state index in [1.54, 1.807) is 42.5 Å². The first-order valence-corrected chi connectivity index (χ1v) is 14.9. The lowest BCUT2D eigenvalue weighted by Gasteiger charge is -2.33. The maximum absolute atomic E-state index is 14.3. The van der Waals surface area contributed by atoms with Crippen LogP contribution in [0.4, 0.5) is 5.69 Å². The number of guanidine groups is 1. The van der Waals surface area contributed by atoms with Crippen molar-refractivity contribution in [3.63, 3.8) is 0 Å². The number of amides is 4. The summed E-state index contributed by atoms with van der Waals surface area (Å²) in [5.74, 6) is -2.68. The van der Waals surface area contributed by atoms with E-state index in [1.165, 1.54) is 24.0 Å². The molecule has 244 valence electrons. The Balaban J connectivity index is 1.85. The van der Waals surface area contributed by atoms with E-state index in [0.29, 0.717) is 17.7 Å². The van der Waals surface area contributed by atoms with Crippen molar-refractivity contribution in [3.8, 4) is 5.75 Å². The molecule has 3 rings (SSSR count). The van der Waals surface area contributed by atoms with Crippen LogP contribution in [-0.2, 0) is 32.0 Å². The lowest BCUT2D eigenvalue weighted by Crippen LogP contribution is -2.59. The molecule has 0 heterocycles. The summed E-state index contributed by atoms with van der Waals surface area (Å²) < 4.78 is 0. The number of carbonyl (C=O) groups is 4. The monoisotopic (exact) mass is 630 g/mol. The molecule has 0 saturated heterocycles. The normalized spacial score (nSPS) is 13.3. The van der Waals surface area contributed by atoms with E-state index in [-0.39, 0.29) is 37.5 Å². The van der Waals surface area contributed by atoms with Gasteiger partial charge in [-0.05, 0) is 61.6 Å². The van der Waals surface area contributed by atoms with E-state index in [4.69, 9.17) is 22.6 Å². The molecular weight excluding hydrogens is 588 g/mol. The van der Waals surface area contributed by atoms with E-state index in [2.05, 4.69) is 16.0 Å². The highest BCUT2D eigenvalue weighted by molar-refractivity contribution is 6.05. The Morgan fingerprint density at radius 2 is 1.37 bits per heavy atom. The smallest absolute Gasteiger partial charge is 0.250 e. The molecule has 0 aliphatic carbocycles. The molecule has 0 aliphatic rings. The van der Waals surface area contributed by atoms with E-state index in [0.717, 1.165) is 5.56 Å². The van der Waals surface area contributed by atoms with Crippen LogP contribution in [-0.4, -0.2) is 65.4 Å². The van der Waals surface area contributed by atoms with Gasteiger partial charge < -0.3 is 38.3 Å². The molecule has 0 fully saturated rings. The summed E-state index contributed by atoms with van der Waals surface area (Å²) in [5, 5.41) is 25.1. The Bertz CT molecular complexity index is 1470. The van der Waals surface area contributed by atoms with Crippen molar-refractivity contribution >= 4 is 35.3 Å². The van der Waals surface area contributed by atoms with Crippen molar-refractivity contribution in [2.24, 2.45) is 17.2 Å². The molecule has 13 nitrogen and oxygen atoms in total. The SMILES string of the molecule is CC(C(=O)NC(Cc1ccccc1)C(N)=O)N(C(=O)C(CCCNC(=N)N)NC(=O)C(N)Cc1ccc(O)cc1)c1ccccc1.